The minimum atomic E-state index is -0.644. The van der Waals surface area contributed by atoms with E-state index in [-0.39, 0.29) is 29.5 Å². The second kappa shape index (κ2) is 8.74. The lowest BCUT2D eigenvalue weighted by Gasteiger charge is -2.19. The molecule has 1 aliphatic carbocycles. The number of carbonyl (C=O) groups excluding carboxylic acids is 3. The van der Waals surface area contributed by atoms with E-state index in [4.69, 9.17) is 4.74 Å². The van der Waals surface area contributed by atoms with Gasteiger partial charge in [-0.25, -0.2) is 4.98 Å². The molecule has 0 bridgehead atoms. The Hall–Kier alpha value is -4.01. The molecule has 9 nitrogen and oxygen atoms in total. The predicted octanol–water partition coefficient (Wildman–Crippen LogP) is 2.32. The van der Waals surface area contributed by atoms with E-state index in [2.05, 4.69) is 10.4 Å². The molecular formula is C25H24N4O5. The van der Waals surface area contributed by atoms with Crippen molar-refractivity contribution < 1.29 is 19.1 Å². The molecule has 34 heavy (non-hydrogen) atoms. The Morgan fingerprint density at radius 1 is 1.00 bits per heavy atom. The van der Waals surface area contributed by atoms with Crippen LogP contribution in [0.3, 0.4) is 0 Å². The average Bonchev–Trinajstić information content (AvgIpc) is 3.10. The predicted molar refractivity (Wildman–Crippen MR) is 125 cm³/mol. The Balaban J connectivity index is 1.48. The number of benzene rings is 2. The van der Waals surface area contributed by atoms with Gasteiger partial charge in [0.05, 0.1) is 29.8 Å². The second-order valence-corrected chi connectivity index (χ2v) is 8.62. The Labute approximate surface area is 195 Å². The first-order valence-corrected chi connectivity index (χ1v) is 11.3. The number of nitrogens with one attached hydrogen (secondary N) is 1. The van der Waals surface area contributed by atoms with Crippen molar-refractivity contribution in [1.82, 2.24) is 14.6 Å². The third-order valence-corrected chi connectivity index (χ3v) is 6.59. The molecule has 1 saturated heterocycles. The lowest BCUT2D eigenvalue weighted by Crippen LogP contribution is -2.43. The molecule has 2 aromatic carbocycles. The van der Waals surface area contributed by atoms with Crippen molar-refractivity contribution >= 4 is 28.6 Å². The van der Waals surface area contributed by atoms with Crippen molar-refractivity contribution in [3.05, 3.63) is 58.9 Å². The summed E-state index contributed by atoms with van der Waals surface area (Å²) in [7, 11) is 1.55. The monoisotopic (exact) mass is 460 g/mol. The van der Waals surface area contributed by atoms with E-state index >= 15 is 0 Å². The number of fused-ring (bicyclic) bond motifs is 2. The van der Waals surface area contributed by atoms with Crippen molar-refractivity contribution in [3.63, 3.8) is 0 Å². The molecule has 2 aliphatic rings. The molecule has 0 unspecified atom stereocenters. The molecule has 2 fully saturated rings. The lowest BCUT2D eigenvalue weighted by atomic mass is 9.81. The molecule has 1 aromatic heterocycles. The highest BCUT2D eigenvalue weighted by Crippen LogP contribution is 2.37. The van der Waals surface area contributed by atoms with Crippen molar-refractivity contribution in [1.29, 1.82) is 0 Å². The zero-order chi connectivity index (χ0) is 23.8. The zero-order valence-corrected chi connectivity index (χ0v) is 18.7. The van der Waals surface area contributed by atoms with Crippen LogP contribution in [0, 0.1) is 11.8 Å². The summed E-state index contributed by atoms with van der Waals surface area (Å²) in [6.45, 7) is -0.439. The number of rotatable bonds is 5. The van der Waals surface area contributed by atoms with Gasteiger partial charge in [0.2, 0.25) is 11.8 Å². The van der Waals surface area contributed by atoms with Crippen LogP contribution in [0.4, 0.5) is 0 Å². The minimum Gasteiger partial charge on any atom is -0.497 e. The molecular weight excluding hydrogens is 436 g/mol. The molecule has 174 valence electrons. The molecule has 1 aliphatic heterocycles. The largest absolute Gasteiger partial charge is 0.497 e. The maximum absolute atomic E-state index is 13.3. The number of amides is 3. The summed E-state index contributed by atoms with van der Waals surface area (Å²) < 4.78 is 6.27. The van der Waals surface area contributed by atoms with Gasteiger partial charge >= 0.3 is 0 Å². The third kappa shape index (κ3) is 3.72. The van der Waals surface area contributed by atoms with Gasteiger partial charge in [0.1, 0.15) is 12.3 Å². The number of para-hydroxylation sites is 1. The first-order valence-electron chi connectivity index (χ1n) is 11.3. The van der Waals surface area contributed by atoms with Crippen molar-refractivity contribution in [2.75, 3.05) is 19.1 Å². The Morgan fingerprint density at radius 3 is 2.29 bits per heavy atom. The molecule has 2 heterocycles. The van der Waals surface area contributed by atoms with Gasteiger partial charge in [0.15, 0.2) is 5.82 Å². The van der Waals surface area contributed by atoms with Crippen LogP contribution in [0.5, 0.6) is 5.75 Å². The normalized spacial score (nSPS) is 19.9. The van der Waals surface area contributed by atoms with Crippen LogP contribution in [0.25, 0.3) is 22.3 Å². The van der Waals surface area contributed by atoms with E-state index in [1.54, 1.807) is 55.6 Å². The number of methoxy groups -OCH3 is 1. The molecule has 0 radical (unpaired) electrons. The van der Waals surface area contributed by atoms with Gasteiger partial charge in [-0.2, -0.15) is 4.68 Å². The maximum atomic E-state index is 13.3. The van der Waals surface area contributed by atoms with Crippen LogP contribution in [0.15, 0.2) is 53.3 Å². The Bertz CT molecular complexity index is 1320. The molecule has 3 aromatic rings. The quantitative estimate of drug-likeness (QED) is 0.585. The lowest BCUT2D eigenvalue weighted by molar-refractivity contribution is -0.142. The fourth-order valence-electron chi connectivity index (χ4n) is 4.86. The van der Waals surface area contributed by atoms with E-state index in [9.17, 15) is 19.2 Å². The number of aromatic nitrogens is 2. The summed E-state index contributed by atoms with van der Waals surface area (Å²) in [5.41, 5.74) is 3.18. The number of hydrogen-bond acceptors (Lipinski definition) is 6. The highest BCUT2D eigenvalue weighted by atomic mass is 16.5. The van der Waals surface area contributed by atoms with Gasteiger partial charge in [-0.05, 0) is 49.2 Å². The van der Waals surface area contributed by atoms with E-state index in [0.717, 1.165) is 22.4 Å². The third-order valence-electron chi connectivity index (χ3n) is 6.59. The van der Waals surface area contributed by atoms with E-state index in [1.807, 2.05) is 0 Å². The molecule has 0 spiro atoms. The molecule has 9 heteroatoms. The van der Waals surface area contributed by atoms with Gasteiger partial charge in [0.25, 0.3) is 11.5 Å². The van der Waals surface area contributed by atoms with Gasteiger partial charge in [-0.15, -0.1) is 0 Å². The maximum Gasteiger partial charge on any atom is 0.280 e. The summed E-state index contributed by atoms with van der Waals surface area (Å²) in [4.78, 5) is 57.4. The highest BCUT2D eigenvalue weighted by molar-refractivity contribution is 6.08. The smallest absolute Gasteiger partial charge is 0.280 e. The van der Waals surface area contributed by atoms with Gasteiger partial charge in [-0.3, -0.25) is 29.5 Å². The average molecular weight is 460 g/mol. The summed E-state index contributed by atoms with van der Waals surface area (Å²) in [5, 5.41) is 0.333. The molecule has 1 N–H and O–H groups in total. The number of imide groups is 1. The van der Waals surface area contributed by atoms with Crippen LogP contribution in [-0.2, 0) is 14.4 Å². The summed E-state index contributed by atoms with van der Waals surface area (Å²) in [6, 6.07) is 13.8. The second-order valence-electron chi connectivity index (χ2n) is 8.62. The van der Waals surface area contributed by atoms with Crippen LogP contribution < -0.4 is 15.7 Å². The molecule has 2 atom stereocenters. The Kier molecular flexibility index (Phi) is 5.61. The van der Waals surface area contributed by atoms with Crippen molar-refractivity contribution in [2.45, 2.75) is 25.7 Å². The first-order chi connectivity index (χ1) is 16.5. The minimum absolute atomic E-state index is 0.229. The van der Waals surface area contributed by atoms with Gasteiger partial charge in [-0.1, -0.05) is 25.0 Å². The summed E-state index contributed by atoms with van der Waals surface area (Å²) in [5.74, 6) is -1.06. The standard InChI is InChI=1S/C25H24N4O5/c1-34-16-12-10-15(11-13-16)22-26-20-9-5-4-8-19(20)25(33)29(22)27-21(30)14-28-23(31)17-6-2-3-7-18(17)24(28)32/h4-5,8-13,17-18H,2-3,6-7,14H2,1H3,(H,27,30)/t17-,18-/m0/s1. The summed E-state index contributed by atoms with van der Waals surface area (Å²) >= 11 is 0. The van der Waals surface area contributed by atoms with Crippen LogP contribution in [-0.4, -0.2) is 45.9 Å². The number of hydrogen-bond donors (Lipinski definition) is 1. The molecule has 1 saturated carbocycles. The van der Waals surface area contributed by atoms with E-state index in [0.29, 0.717) is 35.1 Å². The van der Waals surface area contributed by atoms with Crippen molar-refractivity contribution in [2.24, 2.45) is 11.8 Å². The number of likely N-dealkylation sites (tertiary alicyclic amines) is 1. The molecule has 5 rings (SSSR count). The number of nitrogens with zero attached hydrogens (tertiary/aromatic N) is 3. The zero-order valence-electron chi connectivity index (χ0n) is 18.7. The van der Waals surface area contributed by atoms with Crippen LogP contribution in [0.2, 0.25) is 0 Å². The number of carbonyl (C=O) groups is 3. The molecule has 3 amide bonds. The van der Waals surface area contributed by atoms with Gasteiger partial charge in [0, 0.05) is 5.56 Å². The topological polar surface area (TPSA) is 111 Å². The highest BCUT2D eigenvalue weighted by Gasteiger charge is 2.48. The number of ether oxygens (including phenoxy) is 1. The first kappa shape index (κ1) is 21.8. The van der Waals surface area contributed by atoms with Crippen LogP contribution in [0.1, 0.15) is 25.7 Å². The Morgan fingerprint density at radius 2 is 1.65 bits per heavy atom. The van der Waals surface area contributed by atoms with E-state index in [1.165, 1.54) is 0 Å². The van der Waals surface area contributed by atoms with Crippen LogP contribution >= 0.6 is 0 Å². The van der Waals surface area contributed by atoms with Crippen molar-refractivity contribution in [3.8, 4) is 17.1 Å². The fourth-order valence-corrected chi connectivity index (χ4v) is 4.86. The SMILES string of the molecule is COc1ccc(-c2nc3ccccc3c(=O)n2NC(=O)CN2C(=O)[C@H]3CCCC[C@@H]3C2=O)cc1. The van der Waals surface area contributed by atoms with E-state index < -0.39 is 18.0 Å². The van der Waals surface area contributed by atoms with Gasteiger partial charge < -0.3 is 4.74 Å². The summed E-state index contributed by atoms with van der Waals surface area (Å²) in [6.07, 6.45) is 3.15. The fraction of sp³-hybridized carbons (Fsp3) is 0.320.